The number of halogens is 1. The fourth-order valence-electron chi connectivity index (χ4n) is 3.28. The highest BCUT2D eigenvalue weighted by Crippen LogP contribution is 2.48. The van der Waals surface area contributed by atoms with E-state index in [-0.39, 0.29) is 11.2 Å². The summed E-state index contributed by atoms with van der Waals surface area (Å²) in [6.07, 6.45) is 2.83. The molecule has 0 spiro atoms. The lowest BCUT2D eigenvalue weighted by Gasteiger charge is -2.19. The van der Waals surface area contributed by atoms with Gasteiger partial charge in [0.05, 0.1) is 7.11 Å². The number of hydrogen-bond acceptors (Lipinski definition) is 2. The number of methoxy groups -OCH3 is 1. The van der Waals surface area contributed by atoms with Crippen molar-refractivity contribution in [2.75, 3.05) is 27.2 Å². The number of guanidine groups is 1. The fraction of sp³-hybridized carbons (Fsp3) is 0.381. The van der Waals surface area contributed by atoms with Gasteiger partial charge in [-0.25, -0.2) is 4.39 Å². The lowest BCUT2D eigenvalue weighted by Crippen LogP contribution is -2.42. The minimum Gasteiger partial charge on any atom is -0.496 e. The van der Waals surface area contributed by atoms with Crippen LogP contribution in [0.3, 0.4) is 0 Å². The molecule has 5 heteroatoms. The van der Waals surface area contributed by atoms with Crippen LogP contribution in [-0.2, 0) is 11.8 Å². The number of benzene rings is 2. The molecule has 3 rings (SSSR count). The molecule has 2 N–H and O–H groups in total. The predicted molar refractivity (Wildman–Crippen MR) is 103 cm³/mol. The van der Waals surface area contributed by atoms with Crippen LogP contribution in [0.15, 0.2) is 53.5 Å². The number of ether oxygens (including phenoxy) is 1. The number of rotatable bonds is 7. The molecule has 0 amide bonds. The number of nitrogens with one attached hydrogen (secondary N) is 2. The van der Waals surface area contributed by atoms with Gasteiger partial charge in [0.2, 0.25) is 0 Å². The molecule has 2 aromatic rings. The molecule has 1 aliphatic carbocycles. The summed E-state index contributed by atoms with van der Waals surface area (Å²) in [6.45, 7) is 1.43. The molecule has 26 heavy (non-hydrogen) atoms. The zero-order valence-corrected chi connectivity index (χ0v) is 15.4. The standard InChI is InChI=1S/C21H26FN3O/c1-23-20(24-14-11-16-7-3-6-10-19(16)26-2)25-15-21(12-13-21)17-8-4-5-9-18(17)22/h3-10H,11-15H2,1-2H3,(H2,23,24,25). The summed E-state index contributed by atoms with van der Waals surface area (Å²) in [7, 11) is 3.44. The topological polar surface area (TPSA) is 45.7 Å². The first kappa shape index (κ1) is 18.2. The highest BCUT2D eigenvalue weighted by Gasteiger charge is 2.45. The summed E-state index contributed by atoms with van der Waals surface area (Å²) in [5.74, 6) is 1.52. The lowest BCUT2D eigenvalue weighted by atomic mass is 9.95. The average Bonchev–Trinajstić information content (AvgIpc) is 3.46. The minimum atomic E-state index is -0.120. The van der Waals surface area contributed by atoms with Gasteiger partial charge in [-0.2, -0.15) is 0 Å². The third-order valence-electron chi connectivity index (χ3n) is 5.00. The zero-order chi connectivity index (χ0) is 18.4. The van der Waals surface area contributed by atoms with Crippen LogP contribution in [0.25, 0.3) is 0 Å². The number of para-hydroxylation sites is 1. The Labute approximate surface area is 154 Å². The van der Waals surface area contributed by atoms with Gasteiger partial charge in [0, 0.05) is 25.6 Å². The molecule has 0 saturated heterocycles. The van der Waals surface area contributed by atoms with Crippen LogP contribution in [-0.4, -0.2) is 33.2 Å². The van der Waals surface area contributed by atoms with Crippen LogP contribution in [0.5, 0.6) is 5.75 Å². The van der Waals surface area contributed by atoms with Gasteiger partial charge in [-0.15, -0.1) is 0 Å². The quantitative estimate of drug-likeness (QED) is 0.592. The Morgan fingerprint density at radius 3 is 2.54 bits per heavy atom. The molecule has 0 bridgehead atoms. The summed E-state index contributed by atoms with van der Waals surface area (Å²) in [5, 5.41) is 6.68. The Balaban J connectivity index is 1.52. The van der Waals surface area contributed by atoms with Crippen molar-refractivity contribution in [3.05, 3.63) is 65.5 Å². The summed E-state index contributed by atoms with van der Waals surface area (Å²) < 4.78 is 19.5. The van der Waals surface area contributed by atoms with E-state index in [1.807, 2.05) is 30.3 Å². The zero-order valence-electron chi connectivity index (χ0n) is 15.4. The van der Waals surface area contributed by atoms with E-state index in [1.165, 1.54) is 6.07 Å². The van der Waals surface area contributed by atoms with E-state index in [9.17, 15) is 4.39 Å². The van der Waals surface area contributed by atoms with Crippen molar-refractivity contribution in [2.45, 2.75) is 24.7 Å². The van der Waals surface area contributed by atoms with E-state index in [2.05, 4.69) is 21.7 Å². The molecule has 0 aliphatic heterocycles. The molecule has 0 radical (unpaired) electrons. The SMILES string of the molecule is CN=C(NCCc1ccccc1OC)NCC1(c2ccccc2F)CC1. The van der Waals surface area contributed by atoms with Gasteiger partial charge in [-0.3, -0.25) is 4.99 Å². The maximum Gasteiger partial charge on any atom is 0.191 e. The van der Waals surface area contributed by atoms with Crippen LogP contribution >= 0.6 is 0 Å². The number of aliphatic imine (C=N–C) groups is 1. The van der Waals surface area contributed by atoms with Gasteiger partial charge in [-0.05, 0) is 42.5 Å². The summed E-state index contributed by atoms with van der Waals surface area (Å²) in [4.78, 5) is 4.28. The van der Waals surface area contributed by atoms with Gasteiger partial charge in [0.25, 0.3) is 0 Å². The third-order valence-corrected chi connectivity index (χ3v) is 5.00. The van der Waals surface area contributed by atoms with E-state index in [4.69, 9.17) is 4.74 Å². The Kier molecular flexibility index (Phi) is 5.76. The predicted octanol–water partition coefficient (Wildman–Crippen LogP) is 3.27. The van der Waals surface area contributed by atoms with Crippen LogP contribution in [0, 0.1) is 5.82 Å². The van der Waals surface area contributed by atoms with Crippen molar-refractivity contribution < 1.29 is 9.13 Å². The smallest absolute Gasteiger partial charge is 0.191 e. The molecule has 0 unspecified atom stereocenters. The molecular formula is C21H26FN3O. The Bertz CT molecular complexity index is 771. The number of nitrogens with zero attached hydrogens (tertiary/aromatic N) is 1. The van der Waals surface area contributed by atoms with Gasteiger partial charge < -0.3 is 15.4 Å². The maximum absolute atomic E-state index is 14.1. The van der Waals surface area contributed by atoms with Crippen molar-refractivity contribution >= 4 is 5.96 Å². The first-order valence-electron chi connectivity index (χ1n) is 9.00. The van der Waals surface area contributed by atoms with Gasteiger partial charge in [0.15, 0.2) is 5.96 Å². The summed E-state index contributed by atoms with van der Waals surface area (Å²) in [5.41, 5.74) is 1.85. The largest absolute Gasteiger partial charge is 0.496 e. The van der Waals surface area contributed by atoms with Crippen molar-refractivity contribution in [3.8, 4) is 5.75 Å². The molecule has 2 aromatic carbocycles. The van der Waals surface area contributed by atoms with Crippen LogP contribution in [0.4, 0.5) is 4.39 Å². The summed E-state index contributed by atoms with van der Waals surface area (Å²) >= 11 is 0. The molecular weight excluding hydrogens is 329 g/mol. The van der Waals surface area contributed by atoms with E-state index < -0.39 is 0 Å². The third kappa shape index (κ3) is 4.15. The van der Waals surface area contributed by atoms with Gasteiger partial charge in [0.1, 0.15) is 11.6 Å². The average molecular weight is 355 g/mol. The normalized spacial score (nSPS) is 15.4. The molecule has 1 fully saturated rings. The Hall–Kier alpha value is -2.56. The maximum atomic E-state index is 14.1. The van der Waals surface area contributed by atoms with Crippen molar-refractivity contribution in [1.82, 2.24) is 10.6 Å². The fourth-order valence-corrected chi connectivity index (χ4v) is 3.28. The highest BCUT2D eigenvalue weighted by atomic mass is 19.1. The first-order chi connectivity index (χ1) is 12.7. The lowest BCUT2D eigenvalue weighted by molar-refractivity contribution is 0.409. The van der Waals surface area contributed by atoms with Crippen molar-refractivity contribution in [3.63, 3.8) is 0 Å². The second-order valence-electron chi connectivity index (χ2n) is 6.67. The summed E-state index contributed by atoms with van der Waals surface area (Å²) in [6, 6.07) is 15.1. The van der Waals surface area contributed by atoms with E-state index >= 15 is 0 Å². The van der Waals surface area contributed by atoms with Crippen molar-refractivity contribution in [1.29, 1.82) is 0 Å². The van der Waals surface area contributed by atoms with Crippen LogP contribution < -0.4 is 15.4 Å². The van der Waals surface area contributed by atoms with Crippen molar-refractivity contribution in [2.24, 2.45) is 4.99 Å². The molecule has 138 valence electrons. The van der Waals surface area contributed by atoms with E-state index in [0.717, 1.165) is 48.6 Å². The molecule has 0 heterocycles. The van der Waals surface area contributed by atoms with Crippen LogP contribution in [0.2, 0.25) is 0 Å². The van der Waals surface area contributed by atoms with Gasteiger partial charge in [-0.1, -0.05) is 36.4 Å². The Morgan fingerprint density at radius 2 is 1.85 bits per heavy atom. The Morgan fingerprint density at radius 1 is 1.12 bits per heavy atom. The molecule has 1 saturated carbocycles. The van der Waals surface area contributed by atoms with Crippen LogP contribution in [0.1, 0.15) is 24.0 Å². The second-order valence-corrected chi connectivity index (χ2v) is 6.67. The molecule has 1 aliphatic rings. The first-order valence-corrected chi connectivity index (χ1v) is 9.00. The minimum absolute atomic E-state index is 0.106. The molecule has 0 aromatic heterocycles. The van der Waals surface area contributed by atoms with E-state index in [0.29, 0.717) is 6.54 Å². The van der Waals surface area contributed by atoms with E-state index in [1.54, 1.807) is 20.2 Å². The molecule has 4 nitrogen and oxygen atoms in total. The molecule has 0 atom stereocenters. The second kappa shape index (κ2) is 8.21. The monoisotopic (exact) mass is 355 g/mol. The van der Waals surface area contributed by atoms with Gasteiger partial charge >= 0.3 is 0 Å². The highest BCUT2D eigenvalue weighted by molar-refractivity contribution is 5.79. The number of hydrogen-bond donors (Lipinski definition) is 2.